The number of carboxylic acid groups (broad SMARTS) is 1. The summed E-state index contributed by atoms with van der Waals surface area (Å²) in [4.78, 5) is 22.4. The van der Waals surface area contributed by atoms with Crippen LogP contribution in [-0.4, -0.2) is 30.1 Å². The van der Waals surface area contributed by atoms with Crippen LogP contribution in [0.2, 0.25) is 0 Å². The molecule has 2 N–H and O–H groups in total. The molecule has 0 aromatic heterocycles. The fourth-order valence-electron chi connectivity index (χ4n) is 8.10. The van der Waals surface area contributed by atoms with Gasteiger partial charge in [-0.15, -0.1) is 0 Å². The zero-order valence-electron chi connectivity index (χ0n) is 24.9. The second-order valence-corrected chi connectivity index (χ2v) is 12.8. The summed E-state index contributed by atoms with van der Waals surface area (Å²) in [5, 5.41) is 12.0. The van der Waals surface area contributed by atoms with Crippen LogP contribution in [-0.2, 0) is 21.6 Å². The number of benzene rings is 3. The maximum Gasteiger partial charge on any atom is 0.328 e. The normalized spacial score (nSPS) is 23.8. The molecule has 4 fully saturated rings. The van der Waals surface area contributed by atoms with Crippen molar-refractivity contribution < 1.29 is 24.2 Å². The van der Waals surface area contributed by atoms with Crippen LogP contribution in [0.5, 0.6) is 11.5 Å². The van der Waals surface area contributed by atoms with E-state index in [1.54, 1.807) is 6.08 Å². The minimum absolute atomic E-state index is 0.0618. The summed E-state index contributed by atoms with van der Waals surface area (Å²) >= 11 is 0. The van der Waals surface area contributed by atoms with Crippen molar-refractivity contribution in [1.29, 1.82) is 0 Å². The summed E-state index contributed by atoms with van der Waals surface area (Å²) in [6.07, 6.45) is 11.2. The Morgan fingerprint density at radius 3 is 2.30 bits per heavy atom. The first-order chi connectivity index (χ1) is 20.9. The van der Waals surface area contributed by atoms with Gasteiger partial charge in [0.2, 0.25) is 5.91 Å². The smallest absolute Gasteiger partial charge is 0.328 e. The molecule has 3 aromatic rings. The molecule has 4 aliphatic carbocycles. The minimum Gasteiger partial charge on any atom is -0.493 e. The number of carbonyl (C=O) groups excluding carboxylic acids is 1. The summed E-state index contributed by atoms with van der Waals surface area (Å²) in [7, 11) is 0. The third kappa shape index (κ3) is 6.79. The van der Waals surface area contributed by atoms with Gasteiger partial charge in [0.25, 0.3) is 0 Å². The van der Waals surface area contributed by atoms with Crippen LogP contribution in [0.25, 0.3) is 17.2 Å². The standard InChI is InChI=1S/C37H41NO5/c1-25(39)38-14-5-15-42-35-19-26(9-13-36(40)41)8-11-32(35)31-10-12-34(43-24-27-6-3-2-4-7-27)33(20-31)37-21-28-16-29(22-37)18-30(17-28)23-37/h2-4,6-13,19-20,28-30H,5,14-18,21-24H2,1H3,(H,38,39)(H,40,41)/b13-9+. The van der Waals surface area contributed by atoms with Crippen molar-refractivity contribution in [1.82, 2.24) is 5.32 Å². The number of carbonyl (C=O) groups is 2. The van der Waals surface area contributed by atoms with E-state index in [0.717, 1.165) is 51.8 Å². The molecule has 43 heavy (non-hydrogen) atoms. The summed E-state index contributed by atoms with van der Waals surface area (Å²) in [5.74, 6) is 3.04. The second-order valence-electron chi connectivity index (χ2n) is 12.8. The molecule has 224 valence electrons. The van der Waals surface area contributed by atoms with Crippen molar-refractivity contribution in [3.63, 3.8) is 0 Å². The molecule has 0 aliphatic heterocycles. The highest BCUT2D eigenvalue weighted by atomic mass is 16.5. The van der Waals surface area contributed by atoms with Crippen LogP contribution in [0.3, 0.4) is 0 Å². The zero-order chi connectivity index (χ0) is 29.8. The number of hydrogen-bond acceptors (Lipinski definition) is 4. The van der Waals surface area contributed by atoms with Gasteiger partial charge in [-0.3, -0.25) is 4.79 Å². The lowest BCUT2D eigenvalue weighted by atomic mass is 9.48. The monoisotopic (exact) mass is 579 g/mol. The molecule has 4 aliphatic rings. The third-order valence-corrected chi connectivity index (χ3v) is 9.51. The Bertz CT molecular complexity index is 1460. The van der Waals surface area contributed by atoms with Gasteiger partial charge in [0.15, 0.2) is 0 Å². The highest BCUT2D eigenvalue weighted by molar-refractivity contribution is 5.86. The molecule has 7 rings (SSSR count). The zero-order valence-corrected chi connectivity index (χ0v) is 24.9. The van der Waals surface area contributed by atoms with E-state index in [1.807, 2.05) is 24.3 Å². The average Bonchev–Trinajstić information content (AvgIpc) is 2.98. The number of carboxylic acids is 1. The largest absolute Gasteiger partial charge is 0.493 e. The molecule has 0 heterocycles. The molecule has 0 saturated heterocycles. The van der Waals surface area contributed by atoms with Gasteiger partial charge in [0, 0.05) is 30.7 Å². The Balaban J connectivity index is 1.35. The van der Waals surface area contributed by atoms with Crippen molar-refractivity contribution in [2.45, 2.75) is 63.9 Å². The van der Waals surface area contributed by atoms with Gasteiger partial charge in [-0.05, 0) is 109 Å². The van der Waals surface area contributed by atoms with Crippen molar-refractivity contribution in [3.05, 3.63) is 89.5 Å². The van der Waals surface area contributed by atoms with Gasteiger partial charge in [0.05, 0.1) is 6.61 Å². The van der Waals surface area contributed by atoms with E-state index in [0.29, 0.717) is 31.9 Å². The Morgan fingerprint density at radius 1 is 0.907 bits per heavy atom. The van der Waals surface area contributed by atoms with Crippen LogP contribution < -0.4 is 14.8 Å². The van der Waals surface area contributed by atoms with Gasteiger partial charge in [0.1, 0.15) is 18.1 Å². The van der Waals surface area contributed by atoms with Gasteiger partial charge in [-0.25, -0.2) is 4.79 Å². The number of amides is 1. The number of nitrogens with one attached hydrogen (secondary N) is 1. The van der Waals surface area contributed by atoms with Crippen molar-refractivity contribution in [2.75, 3.05) is 13.2 Å². The quantitative estimate of drug-likeness (QED) is 0.173. The lowest BCUT2D eigenvalue weighted by Crippen LogP contribution is -2.48. The third-order valence-electron chi connectivity index (χ3n) is 9.51. The van der Waals surface area contributed by atoms with Gasteiger partial charge < -0.3 is 19.9 Å². The fraction of sp³-hybridized carbons (Fsp3) is 0.405. The van der Waals surface area contributed by atoms with Crippen LogP contribution in [0, 0.1) is 17.8 Å². The van der Waals surface area contributed by atoms with Gasteiger partial charge in [-0.1, -0.05) is 48.5 Å². The van der Waals surface area contributed by atoms with Crippen molar-refractivity contribution in [3.8, 4) is 22.6 Å². The van der Waals surface area contributed by atoms with E-state index >= 15 is 0 Å². The Labute approximate surface area is 254 Å². The molecule has 4 bridgehead atoms. The molecular formula is C37H41NO5. The highest BCUT2D eigenvalue weighted by Crippen LogP contribution is 2.62. The molecule has 0 unspecified atom stereocenters. The molecule has 0 radical (unpaired) electrons. The van der Waals surface area contributed by atoms with E-state index in [2.05, 4.69) is 47.8 Å². The van der Waals surface area contributed by atoms with E-state index in [-0.39, 0.29) is 11.3 Å². The van der Waals surface area contributed by atoms with Gasteiger partial charge >= 0.3 is 5.97 Å². The first kappa shape index (κ1) is 29.0. The maximum absolute atomic E-state index is 11.3. The first-order valence-electron chi connectivity index (χ1n) is 15.6. The predicted octanol–water partition coefficient (Wildman–Crippen LogP) is 7.40. The van der Waals surface area contributed by atoms with Crippen LogP contribution in [0.4, 0.5) is 0 Å². The lowest BCUT2D eigenvalue weighted by Gasteiger charge is -2.57. The molecule has 6 heteroatoms. The SMILES string of the molecule is CC(=O)NCCCOc1cc(/C=C/C(=O)O)ccc1-c1ccc(OCc2ccccc2)c(C23CC4CC(CC(C4)C2)C3)c1. The molecular weight excluding hydrogens is 538 g/mol. The van der Waals surface area contributed by atoms with Gasteiger partial charge in [-0.2, -0.15) is 0 Å². The molecule has 0 spiro atoms. The summed E-state index contributed by atoms with van der Waals surface area (Å²) in [5.41, 5.74) is 5.41. The second kappa shape index (κ2) is 12.7. The minimum atomic E-state index is -0.992. The lowest BCUT2D eigenvalue weighted by molar-refractivity contribution is -0.131. The van der Waals surface area contributed by atoms with Crippen LogP contribution in [0.1, 0.15) is 68.6 Å². The fourth-order valence-corrected chi connectivity index (χ4v) is 8.10. The Morgan fingerprint density at radius 2 is 1.63 bits per heavy atom. The van der Waals surface area contributed by atoms with Crippen molar-refractivity contribution in [2.24, 2.45) is 17.8 Å². The number of rotatable bonds is 12. The van der Waals surface area contributed by atoms with Crippen LogP contribution >= 0.6 is 0 Å². The summed E-state index contributed by atoms with van der Waals surface area (Å²) in [6, 6.07) is 22.8. The Kier molecular flexibility index (Phi) is 8.55. The maximum atomic E-state index is 11.3. The first-order valence-corrected chi connectivity index (χ1v) is 15.6. The van der Waals surface area contributed by atoms with E-state index in [9.17, 15) is 9.59 Å². The number of aliphatic carboxylic acids is 1. The average molecular weight is 580 g/mol. The van der Waals surface area contributed by atoms with E-state index in [1.165, 1.54) is 51.0 Å². The molecule has 4 saturated carbocycles. The predicted molar refractivity (Wildman–Crippen MR) is 168 cm³/mol. The summed E-state index contributed by atoms with van der Waals surface area (Å²) in [6.45, 7) is 3.00. The topological polar surface area (TPSA) is 84.9 Å². The molecule has 3 aromatic carbocycles. The highest BCUT2D eigenvalue weighted by Gasteiger charge is 2.52. The van der Waals surface area contributed by atoms with Crippen molar-refractivity contribution >= 4 is 18.0 Å². The molecule has 0 atom stereocenters. The van der Waals surface area contributed by atoms with Crippen LogP contribution in [0.15, 0.2) is 72.8 Å². The van der Waals surface area contributed by atoms with E-state index in [4.69, 9.17) is 14.6 Å². The number of ether oxygens (including phenoxy) is 2. The molecule has 6 nitrogen and oxygen atoms in total. The molecule has 1 amide bonds. The number of hydrogen-bond donors (Lipinski definition) is 2. The van der Waals surface area contributed by atoms with E-state index < -0.39 is 5.97 Å². The summed E-state index contributed by atoms with van der Waals surface area (Å²) < 4.78 is 12.9. The Hall–Kier alpha value is -4.06.